The summed E-state index contributed by atoms with van der Waals surface area (Å²) in [5.41, 5.74) is 0. The van der Waals surface area contributed by atoms with Gasteiger partial charge in [-0.2, -0.15) is 8.42 Å². The zero-order chi connectivity index (χ0) is 14.9. The van der Waals surface area contributed by atoms with Crippen LogP contribution in [0.1, 0.15) is 13.3 Å². The van der Waals surface area contributed by atoms with Gasteiger partial charge in [-0.15, -0.1) is 0 Å². The summed E-state index contributed by atoms with van der Waals surface area (Å²) in [4.78, 5) is 29.8. The molecular weight excluding hydrogens is 272 g/mol. The SMILES string of the molecule is C=COC(C)=O.O=C(O)CC(C(=O)O)S(=O)(=O)O. The molecule has 0 radical (unpaired) electrons. The fourth-order valence-electron chi connectivity index (χ4n) is 0.596. The molecule has 0 aromatic carbocycles. The van der Waals surface area contributed by atoms with Crippen molar-refractivity contribution in [1.82, 2.24) is 0 Å². The molecule has 0 rings (SSSR count). The molecule has 0 fully saturated rings. The highest BCUT2D eigenvalue weighted by Gasteiger charge is 2.33. The van der Waals surface area contributed by atoms with Crippen molar-refractivity contribution in [1.29, 1.82) is 0 Å². The maximum atomic E-state index is 10.2. The lowest BCUT2D eigenvalue weighted by molar-refractivity contribution is -0.143. The summed E-state index contributed by atoms with van der Waals surface area (Å²) in [6.45, 7) is 4.48. The van der Waals surface area contributed by atoms with E-state index in [1.165, 1.54) is 6.92 Å². The molecule has 0 aliphatic rings. The fraction of sp³-hybridized carbons (Fsp3) is 0.375. The molecule has 1 unspecified atom stereocenters. The van der Waals surface area contributed by atoms with E-state index >= 15 is 0 Å². The second-order valence-electron chi connectivity index (χ2n) is 2.72. The molecule has 10 heteroatoms. The first-order valence-electron chi connectivity index (χ1n) is 4.21. The van der Waals surface area contributed by atoms with E-state index in [1.807, 2.05) is 0 Å². The second-order valence-corrected chi connectivity index (χ2v) is 4.31. The summed E-state index contributed by atoms with van der Waals surface area (Å²) >= 11 is 0. The van der Waals surface area contributed by atoms with Gasteiger partial charge in [-0.25, -0.2) is 0 Å². The van der Waals surface area contributed by atoms with Crippen molar-refractivity contribution < 1.29 is 42.3 Å². The maximum absolute atomic E-state index is 10.2. The Hall–Kier alpha value is -1.94. The minimum absolute atomic E-state index is 0.329. The zero-order valence-corrected chi connectivity index (χ0v) is 10.1. The van der Waals surface area contributed by atoms with Gasteiger partial charge in [0.1, 0.15) is 0 Å². The van der Waals surface area contributed by atoms with Gasteiger partial charge in [0.2, 0.25) is 0 Å². The Morgan fingerprint density at radius 1 is 1.33 bits per heavy atom. The molecule has 0 bridgehead atoms. The molecule has 0 aromatic rings. The predicted molar refractivity (Wildman–Crippen MR) is 57.2 cm³/mol. The molecule has 18 heavy (non-hydrogen) atoms. The summed E-state index contributed by atoms with van der Waals surface area (Å²) in [6.07, 6.45) is -0.0590. The first-order chi connectivity index (χ1) is 8.02. The maximum Gasteiger partial charge on any atom is 0.325 e. The molecule has 0 aromatic heterocycles. The van der Waals surface area contributed by atoms with Gasteiger partial charge in [-0.3, -0.25) is 18.9 Å². The van der Waals surface area contributed by atoms with Gasteiger partial charge in [-0.05, 0) is 0 Å². The monoisotopic (exact) mass is 284 g/mol. The zero-order valence-electron chi connectivity index (χ0n) is 9.27. The highest BCUT2D eigenvalue weighted by molar-refractivity contribution is 7.87. The summed E-state index contributed by atoms with van der Waals surface area (Å²) < 4.78 is 32.8. The van der Waals surface area contributed by atoms with Crippen molar-refractivity contribution in [3.05, 3.63) is 12.8 Å². The van der Waals surface area contributed by atoms with Gasteiger partial charge in [0.25, 0.3) is 10.1 Å². The molecular formula is C8H12O9S. The van der Waals surface area contributed by atoms with Crippen molar-refractivity contribution in [2.24, 2.45) is 0 Å². The van der Waals surface area contributed by atoms with Gasteiger partial charge in [-0.1, -0.05) is 6.58 Å². The van der Waals surface area contributed by atoms with Crippen LogP contribution in [0.25, 0.3) is 0 Å². The predicted octanol–water partition coefficient (Wildman–Crippen LogP) is -0.505. The van der Waals surface area contributed by atoms with Crippen molar-refractivity contribution in [3.63, 3.8) is 0 Å². The largest absolute Gasteiger partial charge is 0.481 e. The second kappa shape index (κ2) is 8.20. The van der Waals surface area contributed by atoms with Crippen LogP contribution in [0.3, 0.4) is 0 Å². The van der Waals surface area contributed by atoms with E-state index in [1.54, 1.807) is 0 Å². The number of carbonyl (C=O) groups excluding carboxylic acids is 1. The summed E-state index contributed by atoms with van der Waals surface area (Å²) in [5.74, 6) is -3.83. The number of carboxylic acids is 2. The Balaban J connectivity index is 0. The highest BCUT2D eigenvalue weighted by Crippen LogP contribution is 2.04. The quantitative estimate of drug-likeness (QED) is 0.344. The van der Waals surface area contributed by atoms with E-state index in [9.17, 15) is 22.8 Å². The topological polar surface area (TPSA) is 155 Å². The van der Waals surface area contributed by atoms with Gasteiger partial charge in [0.15, 0.2) is 5.25 Å². The van der Waals surface area contributed by atoms with Crippen LogP contribution in [0.5, 0.6) is 0 Å². The first kappa shape index (κ1) is 18.4. The third kappa shape index (κ3) is 10.6. The smallest absolute Gasteiger partial charge is 0.325 e. The van der Waals surface area contributed by atoms with Crippen molar-refractivity contribution in [2.45, 2.75) is 18.6 Å². The lowest BCUT2D eigenvalue weighted by Gasteiger charge is -2.04. The van der Waals surface area contributed by atoms with Crippen LogP contribution < -0.4 is 0 Å². The summed E-state index contributed by atoms with van der Waals surface area (Å²) in [5, 5.41) is 13.9. The van der Waals surface area contributed by atoms with Crippen LogP contribution in [0.4, 0.5) is 0 Å². The Morgan fingerprint density at radius 2 is 1.78 bits per heavy atom. The van der Waals surface area contributed by atoms with Crippen LogP contribution in [-0.4, -0.2) is 46.3 Å². The van der Waals surface area contributed by atoms with Crippen LogP contribution in [-0.2, 0) is 29.2 Å². The van der Waals surface area contributed by atoms with E-state index in [0.29, 0.717) is 0 Å². The van der Waals surface area contributed by atoms with Crippen LogP contribution >= 0.6 is 0 Å². The molecule has 0 saturated carbocycles. The minimum Gasteiger partial charge on any atom is -0.481 e. The Morgan fingerprint density at radius 3 is 1.83 bits per heavy atom. The summed E-state index contributed by atoms with van der Waals surface area (Å²) in [7, 11) is -4.84. The van der Waals surface area contributed by atoms with Crippen molar-refractivity contribution in [2.75, 3.05) is 0 Å². The molecule has 0 amide bonds. The number of aliphatic carboxylic acids is 2. The number of ether oxygens (including phenoxy) is 1. The van der Waals surface area contributed by atoms with Gasteiger partial charge < -0.3 is 14.9 Å². The average Bonchev–Trinajstić information content (AvgIpc) is 2.12. The number of hydrogen-bond donors (Lipinski definition) is 3. The Kier molecular flexibility index (Phi) is 8.39. The first-order valence-corrected chi connectivity index (χ1v) is 5.71. The molecule has 0 heterocycles. The number of rotatable bonds is 5. The molecule has 0 aliphatic heterocycles. The number of esters is 1. The molecule has 0 spiro atoms. The van der Waals surface area contributed by atoms with Crippen LogP contribution in [0, 0.1) is 0 Å². The summed E-state index contributed by atoms with van der Waals surface area (Å²) in [6, 6.07) is 0. The fourth-order valence-corrected chi connectivity index (χ4v) is 1.20. The van der Waals surface area contributed by atoms with E-state index in [4.69, 9.17) is 14.8 Å². The third-order valence-electron chi connectivity index (χ3n) is 1.24. The normalized spacial score (nSPS) is 11.4. The van der Waals surface area contributed by atoms with Crippen LogP contribution in [0.15, 0.2) is 12.8 Å². The molecule has 1 atom stereocenters. The van der Waals surface area contributed by atoms with E-state index in [2.05, 4.69) is 11.3 Å². The Bertz CT molecular complexity index is 422. The Labute approximate surface area is 102 Å². The number of carbonyl (C=O) groups is 3. The van der Waals surface area contributed by atoms with Crippen molar-refractivity contribution >= 4 is 28.0 Å². The lowest BCUT2D eigenvalue weighted by Crippen LogP contribution is -2.31. The number of hydrogen-bond acceptors (Lipinski definition) is 6. The average molecular weight is 284 g/mol. The lowest BCUT2D eigenvalue weighted by atomic mass is 10.3. The molecule has 0 saturated heterocycles. The van der Waals surface area contributed by atoms with Gasteiger partial charge in [0.05, 0.1) is 12.7 Å². The molecule has 3 N–H and O–H groups in total. The van der Waals surface area contributed by atoms with E-state index < -0.39 is 33.7 Å². The minimum atomic E-state index is -4.84. The standard InChI is InChI=1S/C4H6O7S.C4H6O2/c5-3(6)1-2(4(7)8)12(9,10)11;1-3-6-4(2)5/h2H,1H2,(H,5,6)(H,7,8)(H,9,10,11);3H,1H2,2H3. The van der Waals surface area contributed by atoms with Gasteiger partial charge in [0, 0.05) is 6.92 Å². The molecule has 9 nitrogen and oxygen atoms in total. The van der Waals surface area contributed by atoms with Gasteiger partial charge >= 0.3 is 17.9 Å². The van der Waals surface area contributed by atoms with E-state index in [-0.39, 0.29) is 5.97 Å². The van der Waals surface area contributed by atoms with E-state index in [0.717, 1.165) is 6.26 Å². The van der Waals surface area contributed by atoms with Crippen molar-refractivity contribution in [3.8, 4) is 0 Å². The number of carboxylic acid groups (broad SMARTS) is 2. The van der Waals surface area contributed by atoms with Crippen LogP contribution in [0.2, 0.25) is 0 Å². The molecule has 0 aliphatic carbocycles. The third-order valence-corrected chi connectivity index (χ3v) is 2.33. The highest BCUT2D eigenvalue weighted by atomic mass is 32.2. The molecule has 104 valence electrons.